The third-order valence-electron chi connectivity index (χ3n) is 2.39. The van der Waals surface area contributed by atoms with Gasteiger partial charge in [-0.15, -0.1) is 0 Å². The lowest BCUT2D eigenvalue weighted by molar-refractivity contribution is 0.476. The van der Waals surface area contributed by atoms with Crippen molar-refractivity contribution >= 4 is 0 Å². The molecule has 0 aliphatic heterocycles. The molecule has 0 spiro atoms. The molecule has 0 aromatic heterocycles. The highest BCUT2D eigenvalue weighted by Crippen LogP contribution is 2.16. The summed E-state index contributed by atoms with van der Waals surface area (Å²) < 4.78 is 0. The van der Waals surface area contributed by atoms with Gasteiger partial charge in [-0.3, -0.25) is 0 Å². The van der Waals surface area contributed by atoms with Crippen molar-refractivity contribution in [1.82, 2.24) is 0 Å². The molecule has 0 amide bonds. The summed E-state index contributed by atoms with van der Waals surface area (Å²) in [5.74, 6) is 0. The molecule has 0 radical (unpaired) electrons. The van der Waals surface area contributed by atoms with Gasteiger partial charge in [-0.25, -0.2) is 0 Å². The second-order valence-electron chi connectivity index (χ2n) is 4.21. The van der Waals surface area contributed by atoms with Gasteiger partial charge >= 0.3 is 0 Å². The largest absolute Gasteiger partial charge is 0.516 e. The minimum absolute atomic E-state index is 0.750. The smallest absolute Gasteiger partial charge is 0.0719 e. The van der Waals surface area contributed by atoms with E-state index in [2.05, 4.69) is 59.4 Å². The molecular weight excluding hydrogens is 220 g/mol. The fourth-order valence-electron chi connectivity index (χ4n) is 1.70. The zero-order valence-corrected chi connectivity index (χ0v) is 12.8. The first-order valence-corrected chi connectivity index (χ1v) is 6.95. The Hall–Kier alpha value is -1.24. The Balaban J connectivity index is 0. The van der Waals surface area contributed by atoms with E-state index in [0.717, 1.165) is 12.7 Å². The molecule has 0 aliphatic carbocycles. The third-order valence-corrected chi connectivity index (χ3v) is 2.39. The lowest BCUT2D eigenvalue weighted by Gasteiger charge is -2.09. The number of aliphatic hydroxyl groups is 1. The summed E-state index contributed by atoms with van der Waals surface area (Å²) >= 11 is 0. The van der Waals surface area contributed by atoms with Gasteiger partial charge in [-0.1, -0.05) is 65.3 Å². The van der Waals surface area contributed by atoms with Crippen LogP contribution < -0.4 is 0 Å². The Kier molecular flexibility index (Phi) is 14.7. The van der Waals surface area contributed by atoms with E-state index in [1.807, 2.05) is 0 Å². The number of rotatable bonds is 3. The van der Waals surface area contributed by atoms with Crippen molar-refractivity contribution in [2.45, 2.75) is 60.3 Å². The molecule has 1 nitrogen and oxygen atoms in total. The van der Waals surface area contributed by atoms with Crippen LogP contribution in [0.25, 0.3) is 0 Å². The van der Waals surface area contributed by atoms with Gasteiger partial charge in [-0.05, 0) is 36.5 Å². The summed E-state index contributed by atoms with van der Waals surface area (Å²) in [6, 6.07) is 6.62. The first-order chi connectivity index (χ1) is 8.62. The summed E-state index contributed by atoms with van der Waals surface area (Å²) in [6.07, 6.45) is 5.64. The number of hydrogen-bond acceptors (Lipinski definition) is 1. The first-order valence-electron chi connectivity index (χ1n) is 6.95. The van der Waals surface area contributed by atoms with Crippen LogP contribution in [0.15, 0.2) is 31.0 Å². The van der Waals surface area contributed by atoms with E-state index in [1.54, 1.807) is 5.56 Å². The molecular formula is C17H30O. The van der Waals surface area contributed by atoms with Crippen LogP contribution in [0.1, 0.15) is 57.2 Å². The highest BCUT2D eigenvalue weighted by atomic mass is 16.2. The SMILES string of the molecule is C=CO.CCC.CCCc1c(C)cccc1CC. The van der Waals surface area contributed by atoms with Crippen LogP contribution in [0.5, 0.6) is 0 Å². The predicted molar refractivity (Wildman–Crippen MR) is 83.3 cm³/mol. The molecule has 18 heavy (non-hydrogen) atoms. The van der Waals surface area contributed by atoms with Gasteiger partial charge in [0.2, 0.25) is 0 Å². The minimum atomic E-state index is 0.750. The maximum Gasteiger partial charge on any atom is 0.0719 e. The standard InChI is InChI=1S/C12H18.C3H8.C2H4O/c1-4-7-12-10(3)8-6-9-11(12)5-2;1-3-2;1-2-3/h6,8-9H,4-5,7H2,1-3H3;3H2,1-2H3;2-3H,1H2. The van der Waals surface area contributed by atoms with Gasteiger partial charge in [0, 0.05) is 0 Å². The fraction of sp³-hybridized carbons (Fsp3) is 0.529. The topological polar surface area (TPSA) is 20.2 Å². The van der Waals surface area contributed by atoms with E-state index in [4.69, 9.17) is 5.11 Å². The molecule has 104 valence electrons. The molecule has 0 saturated carbocycles. The van der Waals surface area contributed by atoms with Crippen molar-refractivity contribution in [2.24, 2.45) is 0 Å². The molecule has 1 N–H and O–H groups in total. The minimum Gasteiger partial charge on any atom is -0.516 e. The van der Waals surface area contributed by atoms with Gasteiger partial charge in [-0.2, -0.15) is 0 Å². The third kappa shape index (κ3) is 8.86. The maximum absolute atomic E-state index is 7.33. The Morgan fingerprint density at radius 2 is 1.67 bits per heavy atom. The zero-order valence-electron chi connectivity index (χ0n) is 12.8. The molecule has 1 aromatic rings. The van der Waals surface area contributed by atoms with Crippen molar-refractivity contribution in [2.75, 3.05) is 0 Å². The van der Waals surface area contributed by atoms with Crippen LogP contribution in [-0.4, -0.2) is 5.11 Å². The number of aliphatic hydroxyl groups excluding tert-OH is 1. The maximum atomic E-state index is 7.33. The molecule has 0 fully saturated rings. The summed E-state index contributed by atoms with van der Waals surface area (Å²) in [5, 5.41) is 7.33. The number of benzene rings is 1. The van der Waals surface area contributed by atoms with Crippen molar-refractivity contribution < 1.29 is 5.11 Å². The first kappa shape index (κ1) is 19.1. The van der Waals surface area contributed by atoms with Crippen molar-refractivity contribution in [3.63, 3.8) is 0 Å². The van der Waals surface area contributed by atoms with Crippen molar-refractivity contribution in [1.29, 1.82) is 0 Å². The van der Waals surface area contributed by atoms with Crippen LogP contribution in [0.2, 0.25) is 0 Å². The average molecular weight is 250 g/mol. The molecule has 0 atom stereocenters. The van der Waals surface area contributed by atoms with E-state index >= 15 is 0 Å². The Morgan fingerprint density at radius 3 is 2.06 bits per heavy atom. The van der Waals surface area contributed by atoms with E-state index in [1.165, 1.54) is 30.4 Å². The fourth-order valence-corrected chi connectivity index (χ4v) is 1.70. The molecule has 0 unspecified atom stereocenters. The van der Waals surface area contributed by atoms with Crippen molar-refractivity contribution in [3.8, 4) is 0 Å². The Bertz CT molecular complexity index is 302. The molecule has 0 saturated heterocycles. The van der Waals surface area contributed by atoms with E-state index in [0.29, 0.717) is 0 Å². The zero-order chi connectivity index (χ0) is 14.4. The molecule has 1 rings (SSSR count). The van der Waals surface area contributed by atoms with Gasteiger partial charge < -0.3 is 5.11 Å². The summed E-state index contributed by atoms with van der Waals surface area (Å²) in [6.45, 7) is 13.9. The lowest BCUT2D eigenvalue weighted by atomic mass is 9.97. The van der Waals surface area contributed by atoms with Crippen LogP contribution in [-0.2, 0) is 12.8 Å². The second-order valence-corrected chi connectivity index (χ2v) is 4.21. The highest BCUT2D eigenvalue weighted by molar-refractivity contribution is 5.34. The van der Waals surface area contributed by atoms with Gasteiger partial charge in [0.1, 0.15) is 0 Å². The Morgan fingerprint density at radius 1 is 1.17 bits per heavy atom. The monoisotopic (exact) mass is 250 g/mol. The average Bonchev–Trinajstić information content (AvgIpc) is 2.34. The number of aryl methyl sites for hydroxylation is 2. The summed E-state index contributed by atoms with van der Waals surface area (Å²) in [5.41, 5.74) is 4.55. The lowest BCUT2D eigenvalue weighted by Crippen LogP contribution is -1.95. The van der Waals surface area contributed by atoms with Crippen LogP contribution in [0.3, 0.4) is 0 Å². The van der Waals surface area contributed by atoms with Gasteiger partial charge in [0.05, 0.1) is 6.26 Å². The molecule has 0 aliphatic rings. The second kappa shape index (κ2) is 13.8. The molecule has 0 bridgehead atoms. The van der Waals surface area contributed by atoms with E-state index < -0.39 is 0 Å². The normalized spacial score (nSPS) is 8.50. The molecule has 1 aromatic carbocycles. The van der Waals surface area contributed by atoms with E-state index in [9.17, 15) is 0 Å². The van der Waals surface area contributed by atoms with Crippen LogP contribution in [0, 0.1) is 6.92 Å². The predicted octanol–water partition coefficient (Wildman–Crippen LogP) is 5.61. The quantitative estimate of drug-likeness (QED) is 0.691. The Labute approximate surface area is 114 Å². The highest BCUT2D eigenvalue weighted by Gasteiger charge is 2.01. The van der Waals surface area contributed by atoms with Gasteiger partial charge in [0.15, 0.2) is 0 Å². The van der Waals surface area contributed by atoms with E-state index in [-0.39, 0.29) is 0 Å². The van der Waals surface area contributed by atoms with Crippen LogP contribution >= 0.6 is 0 Å². The molecule has 1 heteroatoms. The molecule has 0 heterocycles. The van der Waals surface area contributed by atoms with Crippen LogP contribution in [0.4, 0.5) is 0 Å². The number of hydrogen-bond donors (Lipinski definition) is 1. The summed E-state index contributed by atoms with van der Waals surface area (Å²) in [4.78, 5) is 0. The summed E-state index contributed by atoms with van der Waals surface area (Å²) in [7, 11) is 0. The van der Waals surface area contributed by atoms with Gasteiger partial charge in [0.25, 0.3) is 0 Å². The van der Waals surface area contributed by atoms with Crippen molar-refractivity contribution in [3.05, 3.63) is 47.7 Å².